The van der Waals surface area contributed by atoms with Gasteiger partial charge in [0.25, 0.3) is 0 Å². The Morgan fingerprint density at radius 3 is 2.44 bits per heavy atom. The fraction of sp³-hybridized carbons (Fsp3) is 0.273. The summed E-state index contributed by atoms with van der Waals surface area (Å²) in [7, 11) is 0. The van der Waals surface area contributed by atoms with Crippen molar-refractivity contribution in [1.82, 2.24) is 5.32 Å². The summed E-state index contributed by atoms with van der Waals surface area (Å²) in [5, 5.41) is 19.3. The highest BCUT2D eigenvalue weighted by atomic mass is 19.2. The lowest BCUT2D eigenvalue weighted by Gasteiger charge is -2.11. The van der Waals surface area contributed by atoms with Crippen LogP contribution in [0.1, 0.15) is 5.56 Å². The molecular formula is C11H11F2NO4. The molecule has 0 aliphatic carbocycles. The van der Waals surface area contributed by atoms with Crippen molar-refractivity contribution in [3.8, 4) is 0 Å². The number of hydrogen-bond donors (Lipinski definition) is 3. The van der Waals surface area contributed by atoms with Crippen molar-refractivity contribution in [3.63, 3.8) is 0 Å². The van der Waals surface area contributed by atoms with Gasteiger partial charge in [-0.15, -0.1) is 0 Å². The third-order valence-corrected chi connectivity index (χ3v) is 2.16. The van der Waals surface area contributed by atoms with E-state index in [1.54, 1.807) is 0 Å². The molecule has 5 nitrogen and oxygen atoms in total. The molecular weight excluding hydrogens is 248 g/mol. The highest BCUT2D eigenvalue weighted by Gasteiger charge is 2.18. The number of aliphatic hydroxyl groups excluding tert-OH is 1. The van der Waals surface area contributed by atoms with E-state index in [-0.39, 0.29) is 12.0 Å². The molecule has 0 radical (unpaired) electrons. The number of halogens is 2. The maximum Gasteiger partial charge on any atom is 0.328 e. The Kier molecular flexibility index (Phi) is 4.73. The first-order chi connectivity index (χ1) is 8.43. The molecule has 0 aliphatic heterocycles. The summed E-state index contributed by atoms with van der Waals surface area (Å²) in [5.74, 6) is -4.20. The van der Waals surface area contributed by atoms with Crippen molar-refractivity contribution in [3.05, 3.63) is 35.4 Å². The van der Waals surface area contributed by atoms with Crippen molar-refractivity contribution in [2.24, 2.45) is 0 Å². The van der Waals surface area contributed by atoms with Gasteiger partial charge < -0.3 is 15.5 Å². The van der Waals surface area contributed by atoms with Gasteiger partial charge in [0.15, 0.2) is 11.6 Å². The minimum absolute atomic E-state index is 0.202. The van der Waals surface area contributed by atoms with Gasteiger partial charge in [0.1, 0.15) is 6.04 Å². The van der Waals surface area contributed by atoms with Crippen molar-refractivity contribution < 1.29 is 28.6 Å². The highest BCUT2D eigenvalue weighted by Crippen LogP contribution is 2.09. The van der Waals surface area contributed by atoms with Crippen LogP contribution in [0.25, 0.3) is 0 Å². The van der Waals surface area contributed by atoms with Crippen LogP contribution in [0.5, 0.6) is 0 Å². The highest BCUT2D eigenvalue weighted by molar-refractivity contribution is 5.84. The van der Waals surface area contributed by atoms with Gasteiger partial charge in [-0.25, -0.2) is 13.6 Å². The van der Waals surface area contributed by atoms with Crippen LogP contribution in [-0.2, 0) is 16.0 Å². The van der Waals surface area contributed by atoms with E-state index in [1.165, 1.54) is 6.07 Å². The Hall–Kier alpha value is -2.02. The van der Waals surface area contributed by atoms with E-state index in [4.69, 9.17) is 10.2 Å². The van der Waals surface area contributed by atoms with E-state index in [9.17, 15) is 18.4 Å². The molecule has 1 rings (SSSR count). The van der Waals surface area contributed by atoms with Crippen molar-refractivity contribution >= 4 is 11.9 Å². The zero-order valence-corrected chi connectivity index (χ0v) is 9.19. The van der Waals surface area contributed by atoms with Gasteiger partial charge in [0, 0.05) is 0 Å². The van der Waals surface area contributed by atoms with Gasteiger partial charge in [-0.2, -0.15) is 0 Å². The van der Waals surface area contributed by atoms with Gasteiger partial charge >= 0.3 is 5.97 Å². The Balaban J connectivity index is 2.64. The zero-order valence-electron chi connectivity index (χ0n) is 9.19. The van der Waals surface area contributed by atoms with Crippen LogP contribution in [0.3, 0.4) is 0 Å². The average molecular weight is 259 g/mol. The third kappa shape index (κ3) is 3.77. The number of hydrogen-bond acceptors (Lipinski definition) is 3. The number of nitrogens with one attached hydrogen (secondary N) is 1. The fourth-order valence-corrected chi connectivity index (χ4v) is 1.27. The largest absolute Gasteiger partial charge is 0.480 e. The molecule has 1 aromatic carbocycles. The van der Waals surface area contributed by atoms with Crippen LogP contribution in [0, 0.1) is 11.6 Å². The molecule has 0 heterocycles. The summed E-state index contributed by atoms with van der Waals surface area (Å²) in [5.41, 5.74) is 0.202. The molecule has 7 heteroatoms. The summed E-state index contributed by atoms with van der Waals surface area (Å²) in [6.45, 7) is -0.751. The maximum absolute atomic E-state index is 12.8. The number of carbonyl (C=O) groups is 2. The topological polar surface area (TPSA) is 86.6 Å². The molecule has 0 bridgehead atoms. The normalized spacial score (nSPS) is 11.9. The Morgan fingerprint density at radius 2 is 1.94 bits per heavy atom. The second-order valence-corrected chi connectivity index (χ2v) is 3.57. The summed E-state index contributed by atoms with van der Waals surface area (Å²) in [6.07, 6.45) is -0.305. The number of aliphatic carboxylic acids is 1. The summed E-state index contributed by atoms with van der Waals surface area (Å²) < 4.78 is 25.5. The SMILES string of the molecule is O=C(Cc1ccc(F)c(F)c1)N[C@H](CO)C(=O)O. The maximum atomic E-state index is 12.8. The first kappa shape index (κ1) is 14.0. The van der Waals surface area contributed by atoms with Gasteiger partial charge in [-0.1, -0.05) is 6.07 Å². The van der Waals surface area contributed by atoms with E-state index < -0.39 is 36.2 Å². The standard InChI is InChI=1S/C11H11F2NO4/c12-7-2-1-6(3-8(7)13)4-10(16)14-9(5-15)11(17)18/h1-3,9,15H,4-5H2,(H,14,16)(H,17,18)/t9-/m1/s1. The lowest BCUT2D eigenvalue weighted by atomic mass is 10.1. The third-order valence-electron chi connectivity index (χ3n) is 2.16. The lowest BCUT2D eigenvalue weighted by Crippen LogP contribution is -2.43. The first-order valence-corrected chi connectivity index (χ1v) is 5.01. The predicted molar refractivity (Wildman–Crippen MR) is 56.7 cm³/mol. The van der Waals surface area contributed by atoms with E-state index in [2.05, 4.69) is 0 Å². The molecule has 98 valence electrons. The monoisotopic (exact) mass is 259 g/mol. The quantitative estimate of drug-likeness (QED) is 0.698. The average Bonchev–Trinajstić information content (AvgIpc) is 2.30. The lowest BCUT2D eigenvalue weighted by molar-refractivity contribution is -0.142. The second-order valence-electron chi connectivity index (χ2n) is 3.57. The molecule has 0 aromatic heterocycles. The Labute approximate surface area is 101 Å². The van der Waals surface area contributed by atoms with Gasteiger partial charge in [-0.3, -0.25) is 4.79 Å². The number of carbonyl (C=O) groups excluding carboxylic acids is 1. The molecule has 18 heavy (non-hydrogen) atoms. The molecule has 1 atom stereocenters. The molecule has 0 fully saturated rings. The van der Waals surface area contributed by atoms with Crippen LogP contribution in [-0.4, -0.2) is 34.7 Å². The molecule has 0 aliphatic rings. The number of rotatable bonds is 5. The van der Waals surface area contributed by atoms with Gasteiger partial charge in [0.05, 0.1) is 13.0 Å². The number of carboxylic acids is 1. The van der Waals surface area contributed by atoms with Crippen molar-refractivity contribution in [2.75, 3.05) is 6.61 Å². The Bertz CT molecular complexity index is 464. The fourth-order valence-electron chi connectivity index (χ4n) is 1.27. The van der Waals surface area contributed by atoms with Crippen molar-refractivity contribution in [2.45, 2.75) is 12.5 Å². The minimum Gasteiger partial charge on any atom is -0.480 e. The van der Waals surface area contributed by atoms with Crippen LogP contribution in [0.15, 0.2) is 18.2 Å². The molecule has 3 N–H and O–H groups in total. The summed E-state index contributed by atoms with van der Waals surface area (Å²) >= 11 is 0. The van der Waals surface area contributed by atoms with E-state index >= 15 is 0 Å². The van der Waals surface area contributed by atoms with Crippen LogP contribution < -0.4 is 5.32 Å². The van der Waals surface area contributed by atoms with E-state index in [1.807, 2.05) is 5.32 Å². The summed E-state index contributed by atoms with van der Waals surface area (Å²) in [4.78, 5) is 21.9. The molecule has 0 unspecified atom stereocenters. The second kappa shape index (κ2) is 6.06. The number of benzene rings is 1. The first-order valence-electron chi connectivity index (χ1n) is 5.01. The minimum atomic E-state index is -1.41. The number of carboxylic acid groups (broad SMARTS) is 1. The number of amides is 1. The van der Waals surface area contributed by atoms with Crippen LogP contribution >= 0.6 is 0 Å². The van der Waals surface area contributed by atoms with Crippen LogP contribution in [0.4, 0.5) is 8.78 Å². The zero-order chi connectivity index (χ0) is 13.7. The van der Waals surface area contributed by atoms with Gasteiger partial charge in [-0.05, 0) is 17.7 Å². The predicted octanol–water partition coefficient (Wildman–Crippen LogP) is 0.0690. The summed E-state index contributed by atoms with van der Waals surface area (Å²) in [6, 6.07) is 1.53. The van der Waals surface area contributed by atoms with Crippen molar-refractivity contribution in [1.29, 1.82) is 0 Å². The molecule has 1 aromatic rings. The molecule has 1 amide bonds. The Morgan fingerprint density at radius 1 is 1.28 bits per heavy atom. The van der Waals surface area contributed by atoms with E-state index in [0.29, 0.717) is 0 Å². The molecule has 0 spiro atoms. The van der Waals surface area contributed by atoms with E-state index in [0.717, 1.165) is 12.1 Å². The smallest absolute Gasteiger partial charge is 0.328 e. The molecule has 0 saturated carbocycles. The van der Waals surface area contributed by atoms with Crippen LogP contribution in [0.2, 0.25) is 0 Å². The molecule has 0 saturated heterocycles. The van der Waals surface area contributed by atoms with Gasteiger partial charge in [0.2, 0.25) is 5.91 Å². The number of aliphatic hydroxyl groups is 1.